The van der Waals surface area contributed by atoms with Crippen molar-refractivity contribution in [1.29, 1.82) is 0 Å². The van der Waals surface area contributed by atoms with E-state index in [-0.39, 0.29) is 5.69 Å². The second-order valence-corrected chi connectivity index (χ2v) is 4.88. The fraction of sp³-hybridized carbons (Fsp3) is 0.154. The Labute approximate surface area is 109 Å². The first-order valence-electron chi connectivity index (χ1n) is 5.44. The van der Waals surface area contributed by atoms with E-state index in [2.05, 4.69) is 36.2 Å². The van der Waals surface area contributed by atoms with Crippen molar-refractivity contribution < 1.29 is 4.92 Å². The van der Waals surface area contributed by atoms with Crippen LogP contribution in [0.3, 0.4) is 0 Å². The molecule has 4 nitrogen and oxygen atoms in total. The predicted molar refractivity (Wildman–Crippen MR) is 71.6 cm³/mol. The fourth-order valence-corrected chi connectivity index (χ4v) is 2.21. The highest BCUT2D eigenvalue weighted by atomic mass is 32.2. The van der Waals surface area contributed by atoms with Gasteiger partial charge < -0.3 is 0 Å². The molecule has 0 fully saturated rings. The van der Waals surface area contributed by atoms with Crippen LogP contribution >= 0.6 is 11.8 Å². The maximum Gasteiger partial charge on any atom is 0.287 e. The van der Waals surface area contributed by atoms with E-state index in [4.69, 9.17) is 0 Å². The third-order valence-electron chi connectivity index (χ3n) is 2.44. The van der Waals surface area contributed by atoms with Gasteiger partial charge in [0.25, 0.3) is 5.69 Å². The van der Waals surface area contributed by atoms with Gasteiger partial charge >= 0.3 is 0 Å². The lowest BCUT2D eigenvalue weighted by Gasteiger charge is -2.01. The quantitative estimate of drug-likeness (QED) is 0.479. The summed E-state index contributed by atoms with van der Waals surface area (Å²) in [7, 11) is 0. The van der Waals surface area contributed by atoms with Gasteiger partial charge in [0.05, 0.1) is 9.95 Å². The van der Waals surface area contributed by atoms with Gasteiger partial charge in [0.1, 0.15) is 6.20 Å². The molecule has 2 aromatic rings. The van der Waals surface area contributed by atoms with Crippen molar-refractivity contribution >= 4 is 17.4 Å². The molecule has 0 aliphatic carbocycles. The highest BCUT2D eigenvalue weighted by Crippen LogP contribution is 2.22. The van der Waals surface area contributed by atoms with Crippen LogP contribution in [0.2, 0.25) is 0 Å². The number of aromatic nitrogens is 1. The monoisotopic (exact) mass is 260 g/mol. The number of hydrogen-bond acceptors (Lipinski definition) is 4. The Kier molecular flexibility index (Phi) is 3.94. The maximum atomic E-state index is 10.5. The second kappa shape index (κ2) is 5.64. The number of aryl methyl sites for hydroxylation is 1. The first-order valence-corrected chi connectivity index (χ1v) is 6.42. The van der Waals surface area contributed by atoms with E-state index in [9.17, 15) is 10.1 Å². The molecule has 0 unspecified atom stereocenters. The summed E-state index contributed by atoms with van der Waals surface area (Å²) in [5, 5.41) is 11.3. The molecule has 0 amide bonds. The number of thioether (sulfide) groups is 1. The highest BCUT2D eigenvalue weighted by Gasteiger charge is 2.05. The summed E-state index contributed by atoms with van der Waals surface area (Å²) in [5.41, 5.74) is 2.47. The molecule has 0 saturated carbocycles. The highest BCUT2D eigenvalue weighted by molar-refractivity contribution is 7.98. The standard InChI is InChI=1S/C13H12N2O2S/c1-10-2-4-11(5-3-10)9-18-13-7-6-12(8-14-13)15(16)17/h2-8H,9H2,1H3. The van der Waals surface area contributed by atoms with Gasteiger partial charge in [0.2, 0.25) is 0 Å². The van der Waals surface area contributed by atoms with Crippen LogP contribution < -0.4 is 0 Å². The van der Waals surface area contributed by atoms with Crippen LogP contribution in [0.25, 0.3) is 0 Å². The van der Waals surface area contributed by atoms with Crippen molar-refractivity contribution in [3.63, 3.8) is 0 Å². The van der Waals surface area contributed by atoms with E-state index in [1.807, 2.05) is 0 Å². The van der Waals surface area contributed by atoms with Gasteiger partial charge in [-0.2, -0.15) is 0 Å². The lowest BCUT2D eigenvalue weighted by Crippen LogP contribution is -1.89. The molecule has 0 saturated heterocycles. The first kappa shape index (κ1) is 12.6. The Balaban J connectivity index is 1.97. The van der Waals surface area contributed by atoms with Crippen molar-refractivity contribution in [3.05, 3.63) is 63.8 Å². The molecule has 1 heterocycles. The minimum atomic E-state index is -0.443. The van der Waals surface area contributed by atoms with Gasteiger partial charge in [-0.3, -0.25) is 10.1 Å². The summed E-state index contributed by atoms with van der Waals surface area (Å²) < 4.78 is 0. The number of pyridine rings is 1. The molecule has 0 bridgehead atoms. The number of nitrogens with zero attached hydrogens (tertiary/aromatic N) is 2. The Morgan fingerprint density at radius 1 is 1.22 bits per heavy atom. The number of rotatable bonds is 4. The van der Waals surface area contributed by atoms with Gasteiger partial charge in [-0.1, -0.05) is 29.8 Å². The lowest BCUT2D eigenvalue weighted by molar-refractivity contribution is -0.385. The van der Waals surface area contributed by atoms with Crippen molar-refractivity contribution in [3.8, 4) is 0 Å². The van der Waals surface area contributed by atoms with Crippen LogP contribution in [-0.2, 0) is 5.75 Å². The van der Waals surface area contributed by atoms with Crippen LogP contribution in [0.15, 0.2) is 47.6 Å². The molecule has 92 valence electrons. The lowest BCUT2D eigenvalue weighted by atomic mass is 10.2. The van der Waals surface area contributed by atoms with Crippen molar-refractivity contribution in [2.45, 2.75) is 17.7 Å². The van der Waals surface area contributed by atoms with Gasteiger partial charge in [-0.05, 0) is 18.6 Å². The predicted octanol–water partition coefficient (Wildman–Crippen LogP) is 3.59. The van der Waals surface area contributed by atoms with Gasteiger partial charge in [-0.15, -0.1) is 11.8 Å². The van der Waals surface area contributed by atoms with Gasteiger partial charge in [0.15, 0.2) is 0 Å². The Bertz CT molecular complexity index is 538. The van der Waals surface area contributed by atoms with E-state index < -0.39 is 4.92 Å². The van der Waals surface area contributed by atoms with E-state index in [0.717, 1.165) is 10.8 Å². The number of nitro groups is 1. The van der Waals surface area contributed by atoms with Crippen molar-refractivity contribution in [2.24, 2.45) is 0 Å². The summed E-state index contributed by atoms with van der Waals surface area (Å²) in [5.74, 6) is 0.811. The van der Waals surface area contributed by atoms with Gasteiger partial charge in [-0.25, -0.2) is 4.98 Å². The zero-order valence-corrected chi connectivity index (χ0v) is 10.7. The van der Waals surface area contributed by atoms with Gasteiger partial charge in [0, 0.05) is 11.8 Å². The molecular weight excluding hydrogens is 248 g/mol. The molecule has 0 N–H and O–H groups in total. The molecule has 0 radical (unpaired) electrons. The Morgan fingerprint density at radius 3 is 2.50 bits per heavy atom. The van der Waals surface area contributed by atoms with E-state index in [1.165, 1.54) is 23.4 Å². The Hall–Kier alpha value is -1.88. The minimum absolute atomic E-state index is 0.0229. The molecule has 1 aromatic heterocycles. The first-order chi connectivity index (χ1) is 8.65. The van der Waals surface area contributed by atoms with Crippen molar-refractivity contribution in [2.75, 3.05) is 0 Å². The van der Waals surface area contributed by atoms with Crippen LogP contribution in [0.1, 0.15) is 11.1 Å². The maximum absolute atomic E-state index is 10.5. The number of benzene rings is 1. The average molecular weight is 260 g/mol. The van der Waals surface area contributed by atoms with Crippen LogP contribution in [0.4, 0.5) is 5.69 Å². The fourth-order valence-electron chi connectivity index (χ4n) is 1.41. The van der Waals surface area contributed by atoms with E-state index in [1.54, 1.807) is 17.8 Å². The topological polar surface area (TPSA) is 56.0 Å². The molecule has 18 heavy (non-hydrogen) atoms. The normalized spacial score (nSPS) is 10.3. The van der Waals surface area contributed by atoms with Crippen LogP contribution in [0.5, 0.6) is 0 Å². The molecule has 0 atom stereocenters. The Morgan fingerprint density at radius 2 is 1.94 bits per heavy atom. The zero-order chi connectivity index (χ0) is 13.0. The van der Waals surface area contributed by atoms with Crippen LogP contribution in [-0.4, -0.2) is 9.91 Å². The molecule has 0 aliphatic heterocycles. The molecular formula is C13H12N2O2S. The SMILES string of the molecule is Cc1ccc(CSc2ccc([N+](=O)[O-])cn2)cc1. The third-order valence-corrected chi connectivity index (χ3v) is 3.45. The summed E-state index contributed by atoms with van der Waals surface area (Å²) in [4.78, 5) is 14.1. The molecule has 2 rings (SSSR count). The zero-order valence-electron chi connectivity index (χ0n) is 9.87. The van der Waals surface area contributed by atoms with E-state index in [0.29, 0.717) is 0 Å². The minimum Gasteiger partial charge on any atom is -0.258 e. The molecule has 1 aromatic carbocycles. The number of hydrogen-bond donors (Lipinski definition) is 0. The van der Waals surface area contributed by atoms with Crippen LogP contribution in [0, 0.1) is 17.0 Å². The summed E-state index contributed by atoms with van der Waals surface area (Å²) in [6.07, 6.45) is 1.29. The smallest absolute Gasteiger partial charge is 0.258 e. The summed E-state index contributed by atoms with van der Waals surface area (Å²) >= 11 is 1.57. The van der Waals surface area contributed by atoms with Crippen molar-refractivity contribution in [1.82, 2.24) is 4.98 Å². The summed E-state index contributed by atoms with van der Waals surface area (Å²) in [6, 6.07) is 11.4. The largest absolute Gasteiger partial charge is 0.287 e. The molecule has 0 spiro atoms. The third kappa shape index (κ3) is 3.30. The average Bonchev–Trinajstić information content (AvgIpc) is 2.38. The molecule has 5 heteroatoms. The second-order valence-electron chi connectivity index (χ2n) is 3.89. The summed E-state index contributed by atoms with van der Waals surface area (Å²) in [6.45, 7) is 2.05. The van der Waals surface area contributed by atoms with E-state index >= 15 is 0 Å². The molecule has 0 aliphatic rings.